The third-order valence-electron chi connectivity index (χ3n) is 3.71. The second kappa shape index (κ2) is 4.86. The summed E-state index contributed by atoms with van der Waals surface area (Å²) in [5.41, 5.74) is 4.42. The van der Waals surface area contributed by atoms with Gasteiger partial charge in [0.25, 0.3) is 0 Å². The molecule has 0 saturated carbocycles. The first kappa shape index (κ1) is 13.6. The Morgan fingerprint density at radius 2 is 1.95 bits per heavy atom. The number of nitrogens with zero attached hydrogens (tertiary/aromatic N) is 2. The van der Waals surface area contributed by atoms with E-state index in [1.807, 2.05) is 24.3 Å². The number of aliphatic imine (C=N–C) groups is 1. The fourth-order valence-corrected chi connectivity index (χ4v) is 2.98. The quantitative estimate of drug-likeness (QED) is 0.304. The second-order valence-corrected chi connectivity index (χ2v) is 5.24. The van der Waals surface area contributed by atoms with E-state index in [4.69, 9.17) is 17.3 Å². The fourth-order valence-electron chi connectivity index (χ4n) is 2.64. The van der Waals surface area contributed by atoms with Crippen molar-refractivity contribution in [1.82, 2.24) is 0 Å². The Balaban J connectivity index is 2.37. The lowest BCUT2D eigenvalue weighted by Gasteiger charge is -2.27. The number of fused-ring (bicyclic) bond motifs is 1. The van der Waals surface area contributed by atoms with Crippen LogP contribution in [-0.2, 0) is 5.54 Å². The van der Waals surface area contributed by atoms with Crippen LogP contribution in [0, 0.1) is 10.1 Å². The molecule has 1 heterocycles. The number of hydrogen-bond donors (Lipinski definition) is 1. The predicted molar refractivity (Wildman–Crippen MR) is 84.3 cm³/mol. The van der Waals surface area contributed by atoms with Crippen molar-refractivity contribution in [3.05, 3.63) is 64.2 Å². The molecule has 2 aromatic rings. The van der Waals surface area contributed by atoms with E-state index in [0.717, 1.165) is 5.39 Å². The molecular weight excluding hydrogens is 290 g/mol. The molecule has 1 aliphatic rings. The summed E-state index contributed by atoms with van der Waals surface area (Å²) in [6.07, 6.45) is 4.50. The van der Waals surface area contributed by atoms with Crippen LogP contribution in [0.25, 0.3) is 10.8 Å². The molecule has 21 heavy (non-hydrogen) atoms. The highest BCUT2D eigenvalue weighted by Gasteiger charge is 2.51. The SMILES string of the molecule is Nc1ccc(C2([N+](=O)[O-])C=CC=NC2Cl)c2ccccc12. The van der Waals surface area contributed by atoms with Crippen LogP contribution in [0.4, 0.5) is 5.69 Å². The number of rotatable bonds is 2. The molecule has 2 unspecified atom stereocenters. The summed E-state index contributed by atoms with van der Waals surface area (Å²) in [4.78, 5) is 15.4. The number of allylic oxidation sites excluding steroid dienone is 1. The van der Waals surface area contributed by atoms with Crippen LogP contribution >= 0.6 is 11.6 Å². The monoisotopic (exact) mass is 301 g/mol. The van der Waals surface area contributed by atoms with E-state index < -0.39 is 16.0 Å². The molecule has 2 atom stereocenters. The van der Waals surface area contributed by atoms with Crippen molar-refractivity contribution in [3.8, 4) is 0 Å². The Labute approximate surface area is 125 Å². The Bertz CT molecular complexity index is 788. The zero-order valence-corrected chi connectivity index (χ0v) is 11.7. The van der Waals surface area contributed by atoms with E-state index in [9.17, 15) is 10.1 Å². The Hall–Kier alpha value is -2.40. The van der Waals surface area contributed by atoms with Crippen molar-refractivity contribution in [3.63, 3.8) is 0 Å². The minimum absolute atomic E-state index is 0.393. The van der Waals surface area contributed by atoms with Gasteiger partial charge in [-0.25, -0.2) is 0 Å². The average Bonchev–Trinajstić information content (AvgIpc) is 2.49. The first-order chi connectivity index (χ1) is 10.1. The third kappa shape index (κ3) is 1.89. The van der Waals surface area contributed by atoms with E-state index in [0.29, 0.717) is 16.6 Å². The topological polar surface area (TPSA) is 81.5 Å². The molecule has 5 nitrogen and oxygen atoms in total. The highest BCUT2D eigenvalue weighted by molar-refractivity contribution is 6.22. The number of hydrogen-bond acceptors (Lipinski definition) is 4. The van der Waals surface area contributed by atoms with E-state index in [-0.39, 0.29) is 0 Å². The molecule has 0 aliphatic carbocycles. The number of nitrogen functional groups attached to an aromatic ring is 1. The van der Waals surface area contributed by atoms with E-state index >= 15 is 0 Å². The lowest BCUT2D eigenvalue weighted by molar-refractivity contribution is -0.563. The maximum absolute atomic E-state index is 11.8. The van der Waals surface area contributed by atoms with Crippen LogP contribution in [0.15, 0.2) is 53.5 Å². The zero-order valence-electron chi connectivity index (χ0n) is 10.9. The van der Waals surface area contributed by atoms with Gasteiger partial charge in [-0.2, -0.15) is 0 Å². The van der Waals surface area contributed by atoms with Crippen LogP contribution in [0.1, 0.15) is 5.56 Å². The number of benzene rings is 2. The number of alkyl halides is 1. The molecule has 0 aromatic heterocycles. The summed E-state index contributed by atoms with van der Waals surface area (Å²) in [6.45, 7) is 0. The highest BCUT2D eigenvalue weighted by atomic mass is 35.5. The van der Waals surface area contributed by atoms with Crippen molar-refractivity contribution in [2.75, 3.05) is 5.73 Å². The molecule has 0 radical (unpaired) electrons. The number of nitro groups is 1. The minimum atomic E-state index is -1.59. The summed E-state index contributed by atoms with van der Waals surface area (Å²) in [7, 11) is 0. The molecular formula is C15H12ClN3O2. The molecule has 2 aromatic carbocycles. The maximum atomic E-state index is 11.8. The van der Waals surface area contributed by atoms with E-state index in [2.05, 4.69) is 4.99 Å². The summed E-state index contributed by atoms with van der Waals surface area (Å²) in [5.74, 6) is 0. The largest absolute Gasteiger partial charge is 0.398 e. The van der Waals surface area contributed by atoms with Crippen LogP contribution in [0.5, 0.6) is 0 Å². The van der Waals surface area contributed by atoms with Gasteiger partial charge in [0.2, 0.25) is 5.50 Å². The lowest BCUT2D eigenvalue weighted by atomic mass is 9.84. The van der Waals surface area contributed by atoms with Gasteiger partial charge in [0.1, 0.15) is 0 Å². The smallest absolute Gasteiger partial charge is 0.301 e. The van der Waals surface area contributed by atoms with Gasteiger partial charge in [-0.05, 0) is 23.6 Å². The summed E-state index contributed by atoms with van der Waals surface area (Å²) >= 11 is 6.19. The molecule has 0 bridgehead atoms. The summed E-state index contributed by atoms with van der Waals surface area (Å²) < 4.78 is 0. The van der Waals surface area contributed by atoms with Gasteiger partial charge in [-0.3, -0.25) is 15.1 Å². The third-order valence-corrected chi connectivity index (χ3v) is 4.15. The summed E-state index contributed by atoms with van der Waals surface area (Å²) in [6, 6.07) is 10.6. The molecule has 106 valence electrons. The van der Waals surface area contributed by atoms with Gasteiger partial charge < -0.3 is 5.73 Å². The van der Waals surface area contributed by atoms with Crippen molar-refractivity contribution >= 4 is 34.3 Å². The Morgan fingerprint density at radius 3 is 2.62 bits per heavy atom. The van der Waals surface area contributed by atoms with Gasteiger partial charge in [0.05, 0.1) is 0 Å². The van der Waals surface area contributed by atoms with Gasteiger partial charge in [-0.1, -0.05) is 35.9 Å². The minimum Gasteiger partial charge on any atom is -0.398 e. The first-order valence-corrected chi connectivity index (χ1v) is 6.78. The van der Waals surface area contributed by atoms with Crippen molar-refractivity contribution in [2.24, 2.45) is 4.99 Å². The number of nitrogens with two attached hydrogens (primary N) is 1. The number of anilines is 1. The van der Waals surface area contributed by atoms with Crippen LogP contribution in [0.2, 0.25) is 0 Å². The fraction of sp³-hybridized carbons (Fsp3) is 0.133. The number of dihydropyridines is 1. The van der Waals surface area contributed by atoms with E-state index in [1.54, 1.807) is 18.2 Å². The molecule has 0 saturated heterocycles. The van der Waals surface area contributed by atoms with Gasteiger partial charge in [-0.15, -0.1) is 0 Å². The highest BCUT2D eigenvalue weighted by Crippen LogP contribution is 2.40. The molecule has 0 fully saturated rings. The van der Waals surface area contributed by atoms with Gasteiger partial charge in [0, 0.05) is 33.9 Å². The van der Waals surface area contributed by atoms with Crippen molar-refractivity contribution in [1.29, 1.82) is 0 Å². The van der Waals surface area contributed by atoms with Crippen molar-refractivity contribution < 1.29 is 4.92 Å². The van der Waals surface area contributed by atoms with Gasteiger partial charge >= 0.3 is 5.54 Å². The molecule has 0 spiro atoms. The molecule has 6 heteroatoms. The summed E-state index contributed by atoms with van der Waals surface area (Å²) in [5, 5.41) is 13.3. The maximum Gasteiger partial charge on any atom is 0.301 e. The van der Waals surface area contributed by atoms with Crippen molar-refractivity contribution in [2.45, 2.75) is 11.0 Å². The van der Waals surface area contributed by atoms with Crippen LogP contribution in [0.3, 0.4) is 0 Å². The standard InChI is InChI=1S/C15H12ClN3O2/c16-14-15(19(20)21,8-3-9-18-14)12-6-7-13(17)11-5-2-1-4-10(11)12/h1-9,14H,17H2. The molecule has 2 N–H and O–H groups in total. The Kier molecular flexibility index (Phi) is 3.14. The first-order valence-electron chi connectivity index (χ1n) is 6.34. The van der Waals surface area contributed by atoms with Crippen LogP contribution < -0.4 is 5.73 Å². The van der Waals surface area contributed by atoms with E-state index in [1.165, 1.54) is 12.3 Å². The lowest BCUT2D eigenvalue weighted by Crippen LogP contribution is -2.42. The average molecular weight is 302 g/mol. The molecule has 3 rings (SSSR count). The van der Waals surface area contributed by atoms with Crippen LogP contribution in [-0.4, -0.2) is 16.6 Å². The second-order valence-electron chi connectivity index (χ2n) is 4.82. The van der Waals surface area contributed by atoms with Gasteiger partial charge in [0.15, 0.2) is 0 Å². The predicted octanol–water partition coefficient (Wildman–Crippen LogP) is 3.10. The molecule has 0 amide bonds. The number of halogens is 1. The Morgan fingerprint density at radius 1 is 1.24 bits per heavy atom. The molecule has 1 aliphatic heterocycles. The normalized spacial score (nSPS) is 24.3. The zero-order chi connectivity index (χ0) is 15.0.